The van der Waals surface area contributed by atoms with E-state index in [2.05, 4.69) is 0 Å². The number of carbonyl (C=O) groups is 1. The Balaban J connectivity index is 1.80. The molecule has 2 aromatic carbocycles. The fourth-order valence-corrected chi connectivity index (χ4v) is 3.32. The van der Waals surface area contributed by atoms with Crippen LogP contribution in [0.4, 0.5) is 5.69 Å². The van der Waals surface area contributed by atoms with Gasteiger partial charge in [0.15, 0.2) is 0 Å². The molecule has 3 rings (SSSR count). The summed E-state index contributed by atoms with van der Waals surface area (Å²) in [6.45, 7) is 0.447. The predicted octanol–water partition coefficient (Wildman–Crippen LogP) is 2.47. The third-order valence-electron chi connectivity index (χ3n) is 3.68. The van der Waals surface area contributed by atoms with Crippen LogP contribution in [-0.2, 0) is 10.1 Å². The van der Waals surface area contributed by atoms with Crippen molar-refractivity contribution in [2.45, 2.75) is 12.8 Å². The summed E-state index contributed by atoms with van der Waals surface area (Å²) in [6, 6.07) is 11.4. The first-order valence-corrected chi connectivity index (χ1v) is 8.37. The lowest BCUT2D eigenvalue weighted by atomic mass is 10.1. The van der Waals surface area contributed by atoms with Crippen LogP contribution in [0.3, 0.4) is 0 Å². The van der Waals surface area contributed by atoms with Crippen molar-refractivity contribution in [2.24, 2.45) is 0 Å². The Labute approximate surface area is 122 Å². The standard InChI is InChI=1S/C15H15NO4S/c17-15-12-7-3-5-11-6-4-8-13(14(11)12)16(15)9-1-2-10-21(18,19)20/h3-8H,1-2,9-10H2,(H,18,19,20). The quantitative estimate of drug-likeness (QED) is 0.680. The van der Waals surface area contributed by atoms with Crippen LogP contribution in [0.25, 0.3) is 10.8 Å². The van der Waals surface area contributed by atoms with E-state index in [1.807, 2.05) is 36.4 Å². The minimum atomic E-state index is -3.93. The summed E-state index contributed by atoms with van der Waals surface area (Å²) in [5, 5.41) is 1.98. The number of rotatable bonds is 5. The highest BCUT2D eigenvalue weighted by molar-refractivity contribution is 7.85. The van der Waals surface area contributed by atoms with Gasteiger partial charge in [-0.1, -0.05) is 24.3 Å². The number of carbonyl (C=O) groups excluding carboxylic acids is 1. The van der Waals surface area contributed by atoms with E-state index in [-0.39, 0.29) is 11.7 Å². The van der Waals surface area contributed by atoms with E-state index in [4.69, 9.17) is 4.55 Å². The lowest BCUT2D eigenvalue weighted by Gasteiger charge is -2.17. The van der Waals surface area contributed by atoms with E-state index in [1.54, 1.807) is 4.90 Å². The number of amides is 1. The van der Waals surface area contributed by atoms with Gasteiger partial charge < -0.3 is 4.90 Å². The molecule has 0 radical (unpaired) electrons. The van der Waals surface area contributed by atoms with E-state index in [9.17, 15) is 13.2 Å². The summed E-state index contributed by atoms with van der Waals surface area (Å²) in [6.07, 6.45) is 0.852. The highest BCUT2D eigenvalue weighted by Gasteiger charge is 2.28. The second-order valence-electron chi connectivity index (χ2n) is 5.13. The summed E-state index contributed by atoms with van der Waals surface area (Å²) in [5.41, 5.74) is 1.57. The van der Waals surface area contributed by atoms with Gasteiger partial charge >= 0.3 is 0 Å². The third kappa shape index (κ3) is 2.64. The average Bonchev–Trinajstić information content (AvgIpc) is 2.70. The van der Waals surface area contributed by atoms with Gasteiger partial charge in [-0.25, -0.2) is 0 Å². The molecule has 1 aliphatic heterocycles. The molecule has 0 saturated carbocycles. The van der Waals surface area contributed by atoms with E-state index >= 15 is 0 Å². The minimum Gasteiger partial charge on any atom is -0.308 e. The molecular weight excluding hydrogens is 290 g/mol. The van der Waals surface area contributed by atoms with Crippen molar-refractivity contribution in [3.8, 4) is 0 Å². The van der Waals surface area contributed by atoms with Crippen molar-refractivity contribution < 1.29 is 17.8 Å². The van der Waals surface area contributed by atoms with Gasteiger partial charge in [0.1, 0.15) is 0 Å². The van der Waals surface area contributed by atoms with Gasteiger partial charge in [0.2, 0.25) is 0 Å². The molecule has 1 amide bonds. The Morgan fingerprint density at radius 2 is 1.76 bits per heavy atom. The van der Waals surface area contributed by atoms with Crippen LogP contribution in [0.1, 0.15) is 23.2 Å². The average molecular weight is 305 g/mol. The van der Waals surface area contributed by atoms with Crippen LogP contribution in [0.5, 0.6) is 0 Å². The first kappa shape index (κ1) is 14.0. The molecule has 0 aromatic heterocycles. The van der Waals surface area contributed by atoms with Crippen molar-refractivity contribution in [3.63, 3.8) is 0 Å². The zero-order valence-corrected chi connectivity index (χ0v) is 12.1. The minimum absolute atomic E-state index is 0.0475. The smallest absolute Gasteiger partial charge is 0.264 e. The Morgan fingerprint density at radius 1 is 1.05 bits per heavy atom. The number of nitrogens with zero attached hydrogens (tertiary/aromatic N) is 1. The van der Waals surface area contributed by atoms with Crippen LogP contribution in [0.15, 0.2) is 36.4 Å². The van der Waals surface area contributed by atoms with Crippen LogP contribution >= 0.6 is 0 Å². The van der Waals surface area contributed by atoms with Gasteiger partial charge in [0.25, 0.3) is 16.0 Å². The number of hydrogen-bond donors (Lipinski definition) is 1. The van der Waals surface area contributed by atoms with Gasteiger partial charge in [-0.05, 0) is 30.4 Å². The molecule has 0 aliphatic carbocycles. The third-order valence-corrected chi connectivity index (χ3v) is 4.49. The van der Waals surface area contributed by atoms with Crippen molar-refractivity contribution >= 4 is 32.5 Å². The summed E-state index contributed by atoms with van der Waals surface area (Å²) >= 11 is 0. The molecule has 1 heterocycles. The fourth-order valence-electron chi connectivity index (χ4n) is 2.76. The van der Waals surface area contributed by atoms with Crippen LogP contribution < -0.4 is 4.90 Å². The zero-order chi connectivity index (χ0) is 15.0. The molecule has 0 fully saturated rings. The molecule has 5 nitrogen and oxygen atoms in total. The van der Waals surface area contributed by atoms with Crippen LogP contribution in [0.2, 0.25) is 0 Å². The topological polar surface area (TPSA) is 74.7 Å². The van der Waals surface area contributed by atoms with Crippen LogP contribution in [0, 0.1) is 0 Å². The monoisotopic (exact) mass is 305 g/mol. The van der Waals surface area contributed by atoms with Crippen molar-refractivity contribution in [1.82, 2.24) is 0 Å². The molecule has 110 valence electrons. The molecule has 2 aromatic rings. The van der Waals surface area contributed by atoms with E-state index in [1.165, 1.54) is 0 Å². The predicted molar refractivity (Wildman–Crippen MR) is 81.3 cm³/mol. The number of anilines is 1. The van der Waals surface area contributed by atoms with E-state index in [0.717, 1.165) is 16.5 Å². The normalized spacial score (nSPS) is 14.1. The Kier molecular flexibility index (Phi) is 3.43. The SMILES string of the molecule is O=C1c2cccc3cccc(c23)N1CCCCS(=O)(=O)O. The first-order valence-electron chi connectivity index (χ1n) is 6.76. The van der Waals surface area contributed by atoms with Crippen molar-refractivity contribution in [3.05, 3.63) is 42.0 Å². The van der Waals surface area contributed by atoms with Gasteiger partial charge in [0.05, 0.1) is 11.4 Å². The lowest BCUT2D eigenvalue weighted by Crippen LogP contribution is -2.28. The molecule has 21 heavy (non-hydrogen) atoms. The fraction of sp³-hybridized carbons (Fsp3) is 0.267. The number of unbranched alkanes of at least 4 members (excludes halogenated alkanes) is 1. The number of benzene rings is 2. The summed E-state index contributed by atoms with van der Waals surface area (Å²) in [7, 11) is -3.93. The first-order chi connectivity index (χ1) is 9.97. The summed E-state index contributed by atoms with van der Waals surface area (Å²) < 4.78 is 30.1. The molecule has 1 aliphatic rings. The van der Waals surface area contributed by atoms with E-state index < -0.39 is 10.1 Å². The second kappa shape index (κ2) is 5.13. The largest absolute Gasteiger partial charge is 0.308 e. The number of hydrogen-bond acceptors (Lipinski definition) is 3. The molecule has 0 spiro atoms. The molecule has 6 heteroatoms. The maximum atomic E-state index is 12.4. The van der Waals surface area contributed by atoms with Gasteiger partial charge in [-0.2, -0.15) is 8.42 Å². The van der Waals surface area contributed by atoms with Gasteiger partial charge in [0, 0.05) is 17.5 Å². The molecule has 1 N–H and O–H groups in total. The van der Waals surface area contributed by atoms with E-state index in [0.29, 0.717) is 24.9 Å². The Bertz CT molecular complexity index is 808. The summed E-state index contributed by atoms with van der Waals surface area (Å²) in [5.74, 6) is -0.319. The van der Waals surface area contributed by atoms with Crippen molar-refractivity contribution in [2.75, 3.05) is 17.2 Å². The second-order valence-corrected chi connectivity index (χ2v) is 6.70. The maximum absolute atomic E-state index is 12.4. The highest BCUT2D eigenvalue weighted by atomic mass is 32.2. The molecule has 0 atom stereocenters. The molecule has 0 bridgehead atoms. The Hall–Kier alpha value is -1.92. The van der Waals surface area contributed by atoms with Gasteiger partial charge in [-0.15, -0.1) is 0 Å². The van der Waals surface area contributed by atoms with Crippen LogP contribution in [-0.4, -0.2) is 31.2 Å². The Morgan fingerprint density at radius 3 is 2.48 bits per heavy atom. The molecule has 0 saturated heterocycles. The molecular formula is C15H15NO4S. The summed E-state index contributed by atoms with van der Waals surface area (Å²) in [4.78, 5) is 14.1. The maximum Gasteiger partial charge on any atom is 0.264 e. The van der Waals surface area contributed by atoms with Gasteiger partial charge in [-0.3, -0.25) is 9.35 Å². The molecule has 0 unspecified atom stereocenters. The highest BCUT2D eigenvalue weighted by Crippen LogP contribution is 2.37. The zero-order valence-electron chi connectivity index (χ0n) is 11.3. The lowest BCUT2D eigenvalue weighted by molar-refractivity contribution is 0.0993. The van der Waals surface area contributed by atoms with Crippen molar-refractivity contribution in [1.29, 1.82) is 0 Å².